The molecule has 0 unspecified atom stereocenters. The van der Waals surface area contributed by atoms with Gasteiger partial charge in [-0.05, 0) is 59.1 Å². The standard InChI is InChI=1S/C19H17BrFN3O/c1-12-3-4-13(2)16(9-12)19(25)22-18-17(20)11-24(23-18)10-14-5-7-15(21)8-6-14/h3-9,11H,10H2,1-2H3,(H,22,23,25). The summed E-state index contributed by atoms with van der Waals surface area (Å²) in [6.07, 6.45) is 1.78. The molecule has 1 aromatic heterocycles. The Kier molecular flexibility index (Phi) is 4.99. The zero-order valence-corrected chi connectivity index (χ0v) is 15.5. The van der Waals surface area contributed by atoms with Gasteiger partial charge in [-0.15, -0.1) is 0 Å². The van der Waals surface area contributed by atoms with Gasteiger partial charge in [0.1, 0.15) is 5.82 Å². The molecule has 6 heteroatoms. The van der Waals surface area contributed by atoms with Crippen molar-refractivity contribution < 1.29 is 9.18 Å². The van der Waals surface area contributed by atoms with Gasteiger partial charge in [-0.1, -0.05) is 29.8 Å². The number of carbonyl (C=O) groups is 1. The molecule has 1 N–H and O–H groups in total. The van der Waals surface area contributed by atoms with Crippen LogP contribution < -0.4 is 5.32 Å². The molecular formula is C19H17BrFN3O. The topological polar surface area (TPSA) is 46.9 Å². The van der Waals surface area contributed by atoms with Crippen molar-refractivity contribution in [3.05, 3.63) is 81.2 Å². The first-order valence-corrected chi connectivity index (χ1v) is 8.57. The number of nitrogens with zero attached hydrogens (tertiary/aromatic N) is 2. The van der Waals surface area contributed by atoms with Crippen LogP contribution in [0, 0.1) is 19.7 Å². The van der Waals surface area contributed by atoms with Crippen LogP contribution >= 0.6 is 15.9 Å². The predicted molar refractivity (Wildman–Crippen MR) is 99.3 cm³/mol. The summed E-state index contributed by atoms with van der Waals surface area (Å²) < 4.78 is 15.4. The van der Waals surface area contributed by atoms with Crippen LogP contribution in [0.4, 0.5) is 10.2 Å². The van der Waals surface area contributed by atoms with E-state index in [4.69, 9.17) is 0 Å². The zero-order valence-electron chi connectivity index (χ0n) is 13.9. The third-order valence-corrected chi connectivity index (χ3v) is 4.42. The molecular weight excluding hydrogens is 385 g/mol. The summed E-state index contributed by atoms with van der Waals surface area (Å²) in [4.78, 5) is 12.5. The first-order valence-electron chi connectivity index (χ1n) is 7.78. The molecule has 1 amide bonds. The number of hydrogen-bond acceptors (Lipinski definition) is 2. The number of anilines is 1. The molecule has 0 aliphatic rings. The van der Waals surface area contributed by atoms with Gasteiger partial charge in [0.25, 0.3) is 5.91 Å². The van der Waals surface area contributed by atoms with Crippen LogP contribution in [0.5, 0.6) is 0 Å². The van der Waals surface area contributed by atoms with E-state index in [0.717, 1.165) is 16.7 Å². The molecule has 128 valence electrons. The van der Waals surface area contributed by atoms with E-state index in [1.165, 1.54) is 12.1 Å². The van der Waals surface area contributed by atoms with Crippen LogP contribution in [-0.4, -0.2) is 15.7 Å². The maximum Gasteiger partial charge on any atom is 0.257 e. The van der Waals surface area contributed by atoms with Crippen molar-refractivity contribution in [1.29, 1.82) is 0 Å². The molecule has 2 aromatic carbocycles. The van der Waals surface area contributed by atoms with Crippen LogP contribution in [0.15, 0.2) is 53.1 Å². The third-order valence-electron chi connectivity index (χ3n) is 3.84. The number of aromatic nitrogens is 2. The lowest BCUT2D eigenvalue weighted by atomic mass is 10.1. The van der Waals surface area contributed by atoms with Crippen LogP contribution in [-0.2, 0) is 6.54 Å². The molecule has 1 heterocycles. The van der Waals surface area contributed by atoms with Gasteiger partial charge in [0.05, 0.1) is 11.0 Å². The molecule has 0 radical (unpaired) electrons. The Morgan fingerprint density at radius 1 is 1.20 bits per heavy atom. The Bertz CT molecular complexity index is 919. The fourth-order valence-electron chi connectivity index (χ4n) is 2.49. The highest BCUT2D eigenvalue weighted by molar-refractivity contribution is 9.10. The molecule has 0 bridgehead atoms. The Morgan fingerprint density at radius 3 is 2.64 bits per heavy atom. The normalized spacial score (nSPS) is 10.7. The Labute approximate surface area is 153 Å². The minimum atomic E-state index is -0.271. The molecule has 3 rings (SSSR count). The quantitative estimate of drug-likeness (QED) is 0.688. The van der Waals surface area contributed by atoms with Crippen LogP contribution in [0.3, 0.4) is 0 Å². The number of amides is 1. The predicted octanol–water partition coefficient (Wildman–Crippen LogP) is 4.70. The second-order valence-corrected chi connectivity index (χ2v) is 6.78. The third kappa shape index (κ3) is 4.14. The molecule has 0 spiro atoms. The highest BCUT2D eigenvalue weighted by atomic mass is 79.9. The number of carbonyl (C=O) groups excluding carboxylic acids is 1. The van der Waals surface area contributed by atoms with E-state index >= 15 is 0 Å². The van der Waals surface area contributed by atoms with Gasteiger partial charge in [0.2, 0.25) is 0 Å². The first-order chi connectivity index (χ1) is 11.9. The Morgan fingerprint density at radius 2 is 1.92 bits per heavy atom. The molecule has 0 saturated carbocycles. The van der Waals surface area contributed by atoms with E-state index in [0.29, 0.717) is 22.4 Å². The SMILES string of the molecule is Cc1ccc(C)c(C(=O)Nc2nn(Cc3ccc(F)cc3)cc2Br)c1. The van der Waals surface area contributed by atoms with Crippen LogP contribution in [0.2, 0.25) is 0 Å². The van der Waals surface area contributed by atoms with Crippen molar-refractivity contribution in [3.63, 3.8) is 0 Å². The average Bonchev–Trinajstić information content (AvgIpc) is 2.91. The largest absolute Gasteiger partial charge is 0.304 e. The Hall–Kier alpha value is -2.47. The summed E-state index contributed by atoms with van der Waals surface area (Å²) in [5, 5.41) is 7.22. The molecule has 4 nitrogen and oxygen atoms in total. The van der Waals surface area contributed by atoms with E-state index in [-0.39, 0.29) is 11.7 Å². The maximum atomic E-state index is 13.0. The minimum Gasteiger partial charge on any atom is -0.304 e. The summed E-state index contributed by atoms with van der Waals surface area (Å²) in [5.74, 6) is -0.0196. The molecule has 0 aliphatic heterocycles. The monoisotopic (exact) mass is 401 g/mol. The second-order valence-electron chi connectivity index (χ2n) is 5.92. The summed E-state index contributed by atoms with van der Waals surface area (Å²) >= 11 is 3.42. The number of aryl methyl sites for hydroxylation is 2. The van der Waals surface area contributed by atoms with Gasteiger partial charge in [-0.3, -0.25) is 9.48 Å². The first kappa shape index (κ1) is 17.4. The molecule has 0 atom stereocenters. The van der Waals surface area contributed by atoms with Gasteiger partial charge >= 0.3 is 0 Å². The van der Waals surface area contributed by atoms with Gasteiger partial charge in [-0.2, -0.15) is 5.10 Å². The van der Waals surface area contributed by atoms with Crippen molar-refractivity contribution in [3.8, 4) is 0 Å². The molecule has 3 aromatic rings. The molecule has 25 heavy (non-hydrogen) atoms. The van der Waals surface area contributed by atoms with Gasteiger partial charge in [-0.25, -0.2) is 4.39 Å². The van der Waals surface area contributed by atoms with Crippen molar-refractivity contribution >= 4 is 27.7 Å². The Balaban J connectivity index is 1.77. The van der Waals surface area contributed by atoms with Crippen molar-refractivity contribution in [2.24, 2.45) is 0 Å². The van der Waals surface area contributed by atoms with Crippen LogP contribution in [0.1, 0.15) is 27.0 Å². The summed E-state index contributed by atoms with van der Waals surface area (Å²) in [7, 11) is 0. The lowest BCUT2D eigenvalue weighted by Gasteiger charge is -2.07. The highest BCUT2D eigenvalue weighted by Crippen LogP contribution is 2.22. The van der Waals surface area contributed by atoms with Gasteiger partial charge in [0.15, 0.2) is 5.82 Å². The number of halogens is 2. The lowest BCUT2D eigenvalue weighted by molar-refractivity contribution is 0.102. The molecule has 0 fully saturated rings. The minimum absolute atomic E-state index is 0.200. The van der Waals surface area contributed by atoms with E-state index in [1.54, 1.807) is 23.0 Å². The fourth-order valence-corrected chi connectivity index (χ4v) is 2.91. The van der Waals surface area contributed by atoms with E-state index in [9.17, 15) is 9.18 Å². The molecule has 0 saturated heterocycles. The van der Waals surface area contributed by atoms with E-state index in [2.05, 4.69) is 26.3 Å². The smallest absolute Gasteiger partial charge is 0.257 e. The van der Waals surface area contributed by atoms with Gasteiger partial charge < -0.3 is 5.32 Å². The van der Waals surface area contributed by atoms with Gasteiger partial charge in [0, 0.05) is 11.8 Å². The average molecular weight is 402 g/mol. The van der Waals surface area contributed by atoms with Crippen molar-refractivity contribution in [2.45, 2.75) is 20.4 Å². The maximum absolute atomic E-state index is 13.0. The fraction of sp³-hybridized carbons (Fsp3) is 0.158. The summed E-state index contributed by atoms with van der Waals surface area (Å²) in [5.41, 5.74) is 3.48. The number of benzene rings is 2. The summed E-state index contributed by atoms with van der Waals surface area (Å²) in [6.45, 7) is 4.33. The summed E-state index contributed by atoms with van der Waals surface area (Å²) in [6, 6.07) is 12.0. The second kappa shape index (κ2) is 7.19. The van der Waals surface area contributed by atoms with Crippen LogP contribution in [0.25, 0.3) is 0 Å². The number of hydrogen-bond donors (Lipinski definition) is 1. The number of nitrogens with one attached hydrogen (secondary N) is 1. The van der Waals surface area contributed by atoms with E-state index in [1.807, 2.05) is 32.0 Å². The zero-order chi connectivity index (χ0) is 18.0. The highest BCUT2D eigenvalue weighted by Gasteiger charge is 2.14. The lowest BCUT2D eigenvalue weighted by Crippen LogP contribution is -2.14. The number of rotatable bonds is 4. The van der Waals surface area contributed by atoms with Crippen molar-refractivity contribution in [2.75, 3.05) is 5.32 Å². The molecule has 0 aliphatic carbocycles. The van der Waals surface area contributed by atoms with E-state index < -0.39 is 0 Å². The van der Waals surface area contributed by atoms with Crippen molar-refractivity contribution in [1.82, 2.24) is 9.78 Å².